The summed E-state index contributed by atoms with van der Waals surface area (Å²) in [6.07, 6.45) is 2.70. The average molecular weight is 241 g/mol. The molecule has 1 saturated carbocycles. The van der Waals surface area contributed by atoms with Crippen molar-refractivity contribution in [3.63, 3.8) is 0 Å². The Kier molecular flexibility index (Phi) is 5.88. The summed E-state index contributed by atoms with van der Waals surface area (Å²) in [7, 11) is 1.98. The van der Waals surface area contributed by atoms with E-state index in [4.69, 9.17) is 0 Å². The van der Waals surface area contributed by atoms with Gasteiger partial charge in [0.25, 0.3) is 0 Å². The van der Waals surface area contributed by atoms with Crippen molar-refractivity contribution in [2.75, 3.05) is 7.05 Å². The van der Waals surface area contributed by atoms with E-state index in [9.17, 15) is 0 Å². The van der Waals surface area contributed by atoms with Crippen LogP contribution in [-0.2, 0) is 6.54 Å². The SMILES string of the molecule is CNCc1scnc1C1CC1.Cl.Cl. The minimum Gasteiger partial charge on any atom is -0.315 e. The Bertz CT molecular complexity index is 248. The Balaban J connectivity index is 0.000000720. The number of thiazole rings is 1. The first-order valence-corrected chi connectivity index (χ1v) is 4.86. The summed E-state index contributed by atoms with van der Waals surface area (Å²) in [6, 6.07) is 0. The molecule has 1 aliphatic rings. The van der Waals surface area contributed by atoms with Crippen molar-refractivity contribution in [2.24, 2.45) is 0 Å². The average Bonchev–Trinajstić information content (AvgIpc) is 2.75. The molecule has 1 aromatic rings. The van der Waals surface area contributed by atoms with E-state index in [-0.39, 0.29) is 24.8 Å². The van der Waals surface area contributed by atoms with Crippen molar-refractivity contribution < 1.29 is 0 Å². The van der Waals surface area contributed by atoms with Crippen molar-refractivity contribution in [3.05, 3.63) is 16.1 Å². The molecule has 0 spiro atoms. The summed E-state index contributed by atoms with van der Waals surface area (Å²) in [6.45, 7) is 0.983. The van der Waals surface area contributed by atoms with E-state index in [1.807, 2.05) is 12.6 Å². The fraction of sp³-hybridized carbons (Fsp3) is 0.625. The Morgan fingerprint density at radius 2 is 2.23 bits per heavy atom. The van der Waals surface area contributed by atoms with E-state index in [0.717, 1.165) is 12.5 Å². The lowest BCUT2D eigenvalue weighted by molar-refractivity contribution is 0.813. The van der Waals surface area contributed by atoms with Crippen LogP contribution >= 0.6 is 36.2 Å². The third kappa shape index (κ3) is 3.09. The van der Waals surface area contributed by atoms with Crippen molar-refractivity contribution in [2.45, 2.75) is 25.3 Å². The molecule has 5 heteroatoms. The summed E-state index contributed by atoms with van der Waals surface area (Å²) < 4.78 is 0. The van der Waals surface area contributed by atoms with Crippen LogP contribution in [0.1, 0.15) is 29.3 Å². The maximum atomic E-state index is 4.38. The topological polar surface area (TPSA) is 24.9 Å². The van der Waals surface area contributed by atoms with Crippen LogP contribution in [0.15, 0.2) is 5.51 Å². The van der Waals surface area contributed by atoms with Crippen molar-refractivity contribution in [1.29, 1.82) is 0 Å². The Morgan fingerprint density at radius 3 is 2.77 bits per heavy atom. The van der Waals surface area contributed by atoms with Crippen molar-refractivity contribution in [1.82, 2.24) is 10.3 Å². The van der Waals surface area contributed by atoms with E-state index in [2.05, 4.69) is 10.3 Å². The van der Waals surface area contributed by atoms with Crippen LogP contribution in [0.4, 0.5) is 0 Å². The molecule has 1 heterocycles. The molecule has 0 saturated heterocycles. The fourth-order valence-corrected chi connectivity index (χ4v) is 2.12. The summed E-state index contributed by atoms with van der Waals surface area (Å²) >= 11 is 1.77. The van der Waals surface area contributed by atoms with Gasteiger partial charge in [-0.3, -0.25) is 0 Å². The highest BCUT2D eigenvalue weighted by molar-refractivity contribution is 7.09. The predicted octanol–water partition coefficient (Wildman–Crippen LogP) is 2.58. The lowest BCUT2D eigenvalue weighted by Gasteiger charge is -1.97. The lowest BCUT2D eigenvalue weighted by atomic mass is 10.2. The zero-order valence-electron chi connectivity index (χ0n) is 7.45. The predicted molar refractivity (Wildman–Crippen MR) is 61.3 cm³/mol. The van der Waals surface area contributed by atoms with Gasteiger partial charge in [0, 0.05) is 17.3 Å². The molecule has 0 aliphatic heterocycles. The van der Waals surface area contributed by atoms with E-state index in [1.54, 1.807) is 11.3 Å². The van der Waals surface area contributed by atoms with Gasteiger partial charge in [0.2, 0.25) is 0 Å². The zero-order chi connectivity index (χ0) is 7.68. The standard InChI is InChI=1S/C8H12N2S.2ClH/c1-9-4-7-8(6-2-3-6)10-5-11-7;;/h5-6,9H,2-4H2,1H3;2*1H. The molecule has 76 valence electrons. The number of hydrogen-bond acceptors (Lipinski definition) is 3. The maximum absolute atomic E-state index is 4.38. The molecule has 0 aromatic carbocycles. The molecule has 0 atom stereocenters. The summed E-state index contributed by atoms with van der Waals surface area (Å²) in [5.41, 5.74) is 3.31. The minimum atomic E-state index is 0. The zero-order valence-corrected chi connectivity index (χ0v) is 9.90. The number of nitrogens with one attached hydrogen (secondary N) is 1. The first kappa shape index (κ1) is 13.2. The van der Waals surface area contributed by atoms with Gasteiger partial charge in [0.15, 0.2) is 0 Å². The van der Waals surface area contributed by atoms with Crippen LogP contribution in [0.3, 0.4) is 0 Å². The Morgan fingerprint density at radius 1 is 1.54 bits per heavy atom. The second-order valence-corrected chi connectivity index (χ2v) is 3.90. The number of rotatable bonds is 3. The van der Waals surface area contributed by atoms with E-state index in [0.29, 0.717) is 0 Å². The van der Waals surface area contributed by atoms with Gasteiger partial charge in [-0.05, 0) is 19.9 Å². The molecule has 1 fully saturated rings. The summed E-state index contributed by atoms with van der Waals surface area (Å²) in [5, 5.41) is 3.16. The minimum absolute atomic E-state index is 0. The summed E-state index contributed by atoms with van der Waals surface area (Å²) in [5.74, 6) is 0.796. The molecule has 0 bridgehead atoms. The molecule has 1 N–H and O–H groups in total. The van der Waals surface area contributed by atoms with Gasteiger partial charge >= 0.3 is 0 Å². The molecule has 13 heavy (non-hydrogen) atoms. The second-order valence-electron chi connectivity index (χ2n) is 2.97. The van der Waals surface area contributed by atoms with Gasteiger partial charge in [-0.1, -0.05) is 0 Å². The number of halogens is 2. The number of nitrogens with zero attached hydrogens (tertiary/aromatic N) is 1. The van der Waals surface area contributed by atoms with Crippen LogP contribution in [-0.4, -0.2) is 12.0 Å². The monoisotopic (exact) mass is 240 g/mol. The Labute approximate surface area is 95.0 Å². The van der Waals surface area contributed by atoms with Crippen LogP contribution in [0, 0.1) is 0 Å². The first-order valence-electron chi connectivity index (χ1n) is 3.98. The van der Waals surface area contributed by atoms with Crippen LogP contribution in [0.25, 0.3) is 0 Å². The highest BCUT2D eigenvalue weighted by atomic mass is 35.5. The summed E-state index contributed by atoms with van der Waals surface area (Å²) in [4.78, 5) is 5.80. The third-order valence-corrected chi connectivity index (χ3v) is 2.82. The first-order chi connectivity index (χ1) is 5.42. The van der Waals surface area contributed by atoms with E-state index in [1.165, 1.54) is 23.4 Å². The number of aromatic nitrogens is 1. The third-order valence-electron chi connectivity index (χ3n) is 1.97. The molecule has 2 rings (SSSR count). The molecule has 2 nitrogen and oxygen atoms in total. The van der Waals surface area contributed by atoms with Gasteiger partial charge in [0.05, 0.1) is 11.2 Å². The lowest BCUT2D eigenvalue weighted by Crippen LogP contribution is -2.05. The van der Waals surface area contributed by atoms with Crippen molar-refractivity contribution >= 4 is 36.2 Å². The molecule has 0 unspecified atom stereocenters. The van der Waals surface area contributed by atoms with E-state index >= 15 is 0 Å². The van der Waals surface area contributed by atoms with Crippen molar-refractivity contribution in [3.8, 4) is 0 Å². The molecular weight excluding hydrogens is 227 g/mol. The second kappa shape index (κ2) is 5.81. The van der Waals surface area contributed by atoms with Crippen LogP contribution in [0.5, 0.6) is 0 Å². The van der Waals surface area contributed by atoms with Gasteiger partial charge in [-0.15, -0.1) is 36.2 Å². The largest absolute Gasteiger partial charge is 0.315 e. The van der Waals surface area contributed by atoms with Gasteiger partial charge in [-0.25, -0.2) is 4.98 Å². The smallest absolute Gasteiger partial charge is 0.0798 e. The number of hydrogen-bond donors (Lipinski definition) is 1. The molecule has 0 radical (unpaired) electrons. The maximum Gasteiger partial charge on any atom is 0.0798 e. The normalized spacial score (nSPS) is 14.5. The van der Waals surface area contributed by atoms with Gasteiger partial charge in [0.1, 0.15) is 0 Å². The molecular formula is C8H14Cl2N2S. The van der Waals surface area contributed by atoms with Crippen LogP contribution < -0.4 is 5.32 Å². The Hall–Kier alpha value is 0.170. The highest BCUT2D eigenvalue weighted by Crippen LogP contribution is 2.41. The van der Waals surface area contributed by atoms with E-state index < -0.39 is 0 Å². The molecule has 1 aromatic heterocycles. The highest BCUT2D eigenvalue weighted by Gasteiger charge is 2.27. The fourth-order valence-electron chi connectivity index (χ4n) is 1.26. The quantitative estimate of drug-likeness (QED) is 0.879. The molecule has 1 aliphatic carbocycles. The van der Waals surface area contributed by atoms with Gasteiger partial charge in [-0.2, -0.15) is 0 Å². The van der Waals surface area contributed by atoms with Crippen LogP contribution in [0.2, 0.25) is 0 Å². The molecule has 0 amide bonds. The van der Waals surface area contributed by atoms with Gasteiger partial charge < -0.3 is 5.32 Å².